The lowest BCUT2D eigenvalue weighted by molar-refractivity contribution is 0.221. The smallest absolute Gasteiger partial charge is 0.309 e. The van der Waals surface area contributed by atoms with E-state index >= 15 is 0 Å². The van der Waals surface area contributed by atoms with E-state index in [1.54, 1.807) is 20.8 Å². The molecule has 0 spiro atoms. The normalized spacial score (nSPS) is 11.9. The van der Waals surface area contributed by atoms with Crippen LogP contribution < -0.4 is 0 Å². The molecule has 0 heterocycles. The highest BCUT2D eigenvalue weighted by molar-refractivity contribution is 7.53. The summed E-state index contributed by atoms with van der Waals surface area (Å²) in [5.41, 5.74) is 0. The minimum atomic E-state index is -2.70. The molecule has 0 atom stereocenters. The average molecular weight is 166 g/mol. The van der Waals surface area contributed by atoms with Gasteiger partial charge in [0.25, 0.3) is 0 Å². The van der Waals surface area contributed by atoms with E-state index in [0.29, 0.717) is 19.4 Å². The maximum atomic E-state index is 11.3. The molecule has 0 rings (SSSR count). The summed E-state index contributed by atoms with van der Waals surface area (Å²) >= 11 is 0. The molecular formula is C6H15O3P. The van der Waals surface area contributed by atoms with Crippen LogP contribution in [0.3, 0.4) is 0 Å². The summed E-state index contributed by atoms with van der Waals surface area (Å²) in [6.45, 7) is 6.31. The SMILES string of the molecule is CCOP(=O)(CC)OCC. The van der Waals surface area contributed by atoms with Crippen molar-refractivity contribution in [2.45, 2.75) is 20.8 Å². The van der Waals surface area contributed by atoms with Crippen molar-refractivity contribution in [2.75, 3.05) is 19.4 Å². The number of hydrogen-bond acceptors (Lipinski definition) is 3. The highest BCUT2D eigenvalue weighted by atomic mass is 31.2. The van der Waals surface area contributed by atoms with Crippen molar-refractivity contribution in [3.05, 3.63) is 0 Å². The molecule has 0 aromatic rings. The lowest BCUT2D eigenvalue weighted by Crippen LogP contribution is -1.97. The second kappa shape index (κ2) is 4.89. The van der Waals surface area contributed by atoms with Crippen molar-refractivity contribution in [3.63, 3.8) is 0 Å². The third kappa shape index (κ3) is 3.35. The Kier molecular flexibility index (Phi) is 4.96. The van der Waals surface area contributed by atoms with Gasteiger partial charge in [-0.25, -0.2) is 0 Å². The topological polar surface area (TPSA) is 35.5 Å². The van der Waals surface area contributed by atoms with Crippen LogP contribution in [0, 0.1) is 0 Å². The van der Waals surface area contributed by atoms with E-state index in [9.17, 15) is 4.57 Å². The standard InChI is InChI=1S/C6H15O3P/c1-4-8-10(7,6-3)9-5-2/h4-6H2,1-3H3. The Morgan fingerprint density at radius 3 is 1.70 bits per heavy atom. The Balaban J connectivity index is 3.83. The van der Waals surface area contributed by atoms with Gasteiger partial charge >= 0.3 is 7.60 Å². The molecule has 4 heteroatoms. The van der Waals surface area contributed by atoms with Crippen LogP contribution in [0.4, 0.5) is 0 Å². The van der Waals surface area contributed by atoms with Crippen LogP contribution in [-0.4, -0.2) is 19.4 Å². The molecule has 0 aromatic carbocycles. The van der Waals surface area contributed by atoms with Gasteiger partial charge < -0.3 is 9.05 Å². The van der Waals surface area contributed by atoms with Gasteiger partial charge in [0.05, 0.1) is 13.2 Å². The summed E-state index contributed by atoms with van der Waals surface area (Å²) in [4.78, 5) is 0. The fourth-order valence-electron chi connectivity index (χ4n) is 0.613. The first-order valence-electron chi connectivity index (χ1n) is 3.56. The first-order valence-corrected chi connectivity index (χ1v) is 5.29. The first kappa shape index (κ1) is 10.2. The molecule has 0 aliphatic carbocycles. The molecule has 0 unspecified atom stereocenters. The van der Waals surface area contributed by atoms with Gasteiger partial charge in [0.2, 0.25) is 0 Å². The van der Waals surface area contributed by atoms with Gasteiger partial charge in [-0.2, -0.15) is 0 Å². The molecule has 0 aliphatic rings. The zero-order valence-corrected chi connectivity index (χ0v) is 7.69. The van der Waals surface area contributed by atoms with Gasteiger partial charge in [-0.15, -0.1) is 0 Å². The maximum Gasteiger partial charge on any atom is 0.330 e. The Morgan fingerprint density at radius 1 is 1.10 bits per heavy atom. The second-order valence-corrected chi connectivity index (χ2v) is 4.13. The van der Waals surface area contributed by atoms with Crippen molar-refractivity contribution in [1.29, 1.82) is 0 Å². The largest absolute Gasteiger partial charge is 0.330 e. The van der Waals surface area contributed by atoms with Crippen LogP contribution in [-0.2, 0) is 13.6 Å². The first-order chi connectivity index (χ1) is 4.68. The summed E-state index contributed by atoms with van der Waals surface area (Å²) in [6, 6.07) is 0. The molecule has 0 saturated heterocycles. The van der Waals surface area contributed by atoms with Crippen molar-refractivity contribution in [3.8, 4) is 0 Å². The third-order valence-corrected chi connectivity index (χ3v) is 3.12. The minimum absolute atomic E-state index is 0.450. The zero-order valence-electron chi connectivity index (χ0n) is 6.79. The van der Waals surface area contributed by atoms with Gasteiger partial charge in [0, 0.05) is 6.16 Å². The lowest BCUT2D eigenvalue weighted by atomic mass is 10.9. The zero-order chi connectivity index (χ0) is 8.04. The van der Waals surface area contributed by atoms with Crippen LogP contribution in [0.25, 0.3) is 0 Å². The van der Waals surface area contributed by atoms with Gasteiger partial charge in [0.1, 0.15) is 0 Å². The van der Waals surface area contributed by atoms with Crippen molar-refractivity contribution < 1.29 is 13.6 Å². The molecule has 0 amide bonds. The molecule has 10 heavy (non-hydrogen) atoms. The van der Waals surface area contributed by atoms with E-state index in [1.165, 1.54) is 0 Å². The van der Waals surface area contributed by atoms with Gasteiger partial charge in [0.15, 0.2) is 0 Å². The van der Waals surface area contributed by atoms with E-state index in [-0.39, 0.29) is 0 Å². The summed E-state index contributed by atoms with van der Waals surface area (Å²) in [5.74, 6) is 0. The summed E-state index contributed by atoms with van der Waals surface area (Å²) < 4.78 is 21.2. The molecule has 0 fully saturated rings. The maximum absolute atomic E-state index is 11.3. The van der Waals surface area contributed by atoms with E-state index < -0.39 is 7.60 Å². The van der Waals surface area contributed by atoms with E-state index in [4.69, 9.17) is 9.05 Å². The highest BCUT2D eigenvalue weighted by Crippen LogP contribution is 2.47. The Morgan fingerprint density at radius 2 is 1.50 bits per heavy atom. The summed E-state index contributed by atoms with van der Waals surface area (Å²) in [5, 5.41) is 0. The molecule has 0 aliphatic heterocycles. The van der Waals surface area contributed by atoms with Crippen LogP contribution in [0.2, 0.25) is 0 Å². The van der Waals surface area contributed by atoms with E-state index in [1.807, 2.05) is 0 Å². The Bertz CT molecular complexity index is 114. The number of hydrogen-bond donors (Lipinski definition) is 0. The predicted octanol–water partition coefficient (Wildman–Crippen LogP) is 2.27. The number of rotatable bonds is 5. The highest BCUT2D eigenvalue weighted by Gasteiger charge is 2.19. The monoisotopic (exact) mass is 166 g/mol. The van der Waals surface area contributed by atoms with Gasteiger partial charge in [-0.3, -0.25) is 4.57 Å². The molecule has 0 bridgehead atoms. The van der Waals surface area contributed by atoms with Crippen molar-refractivity contribution in [1.82, 2.24) is 0 Å². The molecule has 62 valence electrons. The average Bonchev–Trinajstić information content (AvgIpc) is 1.89. The summed E-state index contributed by atoms with van der Waals surface area (Å²) in [6.07, 6.45) is 0.453. The van der Waals surface area contributed by atoms with Crippen molar-refractivity contribution in [2.24, 2.45) is 0 Å². The predicted molar refractivity (Wildman–Crippen MR) is 41.4 cm³/mol. The fourth-order valence-corrected chi connectivity index (χ4v) is 1.84. The van der Waals surface area contributed by atoms with Gasteiger partial charge in [-0.1, -0.05) is 6.92 Å². The van der Waals surface area contributed by atoms with E-state index in [0.717, 1.165) is 0 Å². The Labute approximate surface area is 62.3 Å². The molecule has 0 saturated carbocycles. The quantitative estimate of drug-likeness (QED) is 0.587. The third-order valence-electron chi connectivity index (χ3n) is 1.04. The van der Waals surface area contributed by atoms with Crippen LogP contribution in [0.15, 0.2) is 0 Å². The molecule has 0 radical (unpaired) electrons. The molecule has 3 nitrogen and oxygen atoms in total. The second-order valence-electron chi connectivity index (χ2n) is 1.76. The van der Waals surface area contributed by atoms with Crippen LogP contribution in [0.1, 0.15) is 20.8 Å². The molecule has 0 N–H and O–H groups in total. The van der Waals surface area contributed by atoms with Crippen LogP contribution in [0.5, 0.6) is 0 Å². The lowest BCUT2D eigenvalue weighted by Gasteiger charge is -2.13. The van der Waals surface area contributed by atoms with Gasteiger partial charge in [-0.05, 0) is 13.8 Å². The molecular weight excluding hydrogens is 151 g/mol. The van der Waals surface area contributed by atoms with Crippen LogP contribution >= 0.6 is 7.60 Å². The van der Waals surface area contributed by atoms with E-state index in [2.05, 4.69) is 0 Å². The fraction of sp³-hybridized carbons (Fsp3) is 1.00. The molecule has 0 aromatic heterocycles. The van der Waals surface area contributed by atoms with Crippen molar-refractivity contribution >= 4 is 7.60 Å². The minimum Gasteiger partial charge on any atom is -0.309 e. The Hall–Kier alpha value is 0.150. The summed E-state index contributed by atoms with van der Waals surface area (Å²) in [7, 11) is -2.70.